The molecule has 1 fully saturated rings. The summed E-state index contributed by atoms with van der Waals surface area (Å²) in [5.74, 6) is -1.22. The number of esters is 1. The molecule has 0 aromatic carbocycles. The van der Waals surface area contributed by atoms with E-state index in [4.69, 9.17) is 9.47 Å². The zero-order valence-corrected chi connectivity index (χ0v) is 10.5. The Bertz CT molecular complexity index is 288. The first-order chi connectivity index (χ1) is 8.33. The van der Waals surface area contributed by atoms with Crippen LogP contribution >= 0.6 is 0 Å². The van der Waals surface area contributed by atoms with Gasteiger partial charge in [0.05, 0.1) is 6.61 Å². The summed E-state index contributed by atoms with van der Waals surface area (Å²) in [7, 11) is 0. The van der Waals surface area contributed by atoms with Crippen molar-refractivity contribution in [2.45, 2.75) is 32.5 Å². The van der Waals surface area contributed by atoms with Gasteiger partial charge in [0, 0.05) is 13.2 Å². The lowest BCUT2D eigenvalue weighted by Gasteiger charge is -2.29. The third-order valence-corrected chi connectivity index (χ3v) is 2.95. The van der Waals surface area contributed by atoms with E-state index in [1.807, 2.05) is 0 Å². The lowest BCUT2D eigenvalue weighted by Crippen LogP contribution is -2.48. The molecule has 0 aromatic rings. The van der Waals surface area contributed by atoms with Crippen molar-refractivity contribution in [3.8, 4) is 0 Å². The van der Waals surface area contributed by atoms with Gasteiger partial charge in [-0.2, -0.15) is 13.2 Å². The van der Waals surface area contributed by atoms with E-state index in [1.165, 1.54) is 6.92 Å². The van der Waals surface area contributed by atoms with Gasteiger partial charge in [0.15, 0.2) is 5.41 Å². The molecule has 1 saturated heterocycles. The number of alkyl halides is 3. The van der Waals surface area contributed by atoms with E-state index in [0.717, 1.165) is 0 Å². The van der Waals surface area contributed by atoms with Gasteiger partial charge < -0.3 is 14.8 Å². The van der Waals surface area contributed by atoms with Crippen LogP contribution in [-0.2, 0) is 14.3 Å². The number of hydrogen-bond acceptors (Lipinski definition) is 4. The first-order valence-electron chi connectivity index (χ1n) is 5.90. The second kappa shape index (κ2) is 5.88. The number of halogens is 3. The Morgan fingerprint density at radius 1 is 1.50 bits per heavy atom. The minimum atomic E-state index is -4.60. The van der Waals surface area contributed by atoms with Crippen LogP contribution in [0.1, 0.15) is 20.3 Å². The zero-order chi connectivity index (χ0) is 13.8. The lowest BCUT2D eigenvalue weighted by molar-refractivity contribution is -0.232. The molecule has 0 bridgehead atoms. The molecule has 4 nitrogen and oxygen atoms in total. The van der Waals surface area contributed by atoms with Gasteiger partial charge in [-0.05, 0) is 26.8 Å². The summed E-state index contributed by atoms with van der Waals surface area (Å²) in [5.41, 5.74) is -2.41. The van der Waals surface area contributed by atoms with Gasteiger partial charge in [-0.3, -0.25) is 4.79 Å². The molecule has 2 atom stereocenters. The summed E-state index contributed by atoms with van der Waals surface area (Å²) >= 11 is 0. The van der Waals surface area contributed by atoms with Crippen LogP contribution in [0.4, 0.5) is 13.2 Å². The van der Waals surface area contributed by atoms with Crippen LogP contribution in [0.5, 0.6) is 0 Å². The van der Waals surface area contributed by atoms with Crippen molar-refractivity contribution in [1.82, 2.24) is 5.32 Å². The molecule has 0 spiro atoms. The molecule has 0 radical (unpaired) electrons. The van der Waals surface area contributed by atoms with Gasteiger partial charge in [0.1, 0.15) is 6.10 Å². The van der Waals surface area contributed by atoms with E-state index < -0.39 is 30.2 Å². The summed E-state index contributed by atoms with van der Waals surface area (Å²) < 4.78 is 48.8. The van der Waals surface area contributed by atoms with Crippen LogP contribution in [0.25, 0.3) is 0 Å². The number of carbonyl (C=O) groups excluding carboxylic acids is 1. The number of ether oxygens (including phenoxy) is 2. The van der Waals surface area contributed by atoms with Gasteiger partial charge in [0.2, 0.25) is 0 Å². The zero-order valence-electron chi connectivity index (χ0n) is 10.5. The van der Waals surface area contributed by atoms with Crippen LogP contribution in [0.15, 0.2) is 0 Å². The molecule has 1 N–H and O–H groups in total. The molecule has 0 aromatic heterocycles. The molecule has 7 heteroatoms. The highest BCUT2D eigenvalue weighted by Crippen LogP contribution is 2.44. The fraction of sp³-hybridized carbons (Fsp3) is 0.909. The number of hydrogen-bond donors (Lipinski definition) is 1. The second-order valence-corrected chi connectivity index (χ2v) is 4.38. The van der Waals surface area contributed by atoms with Crippen molar-refractivity contribution in [2.75, 3.05) is 26.3 Å². The fourth-order valence-corrected chi connectivity index (χ4v) is 1.84. The maximum atomic E-state index is 13.0. The molecule has 1 aliphatic rings. The van der Waals surface area contributed by atoms with E-state index in [9.17, 15) is 18.0 Å². The standard InChI is InChI=1S/C11H18F3NO3/c1-3-17-6-8(2)18-9(16)10(11(12,13)14)4-5-15-7-10/h8,15H,3-7H2,1-2H3. The van der Waals surface area contributed by atoms with Gasteiger partial charge in [-0.15, -0.1) is 0 Å². The first kappa shape index (κ1) is 15.2. The Morgan fingerprint density at radius 3 is 2.61 bits per heavy atom. The minimum absolute atomic E-state index is 0.101. The molecular formula is C11H18F3NO3. The van der Waals surface area contributed by atoms with Crippen LogP contribution in [0.3, 0.4) is 0 Å². The van der Waals surface area contributed by atoms with E-state index in [0.29, 0.717) is 6.61 Å². The topological polar surface area (TPSA) is 47.6 Å². The van der Waals surface area contributed by atoms with Crippen molar-refractivity contribution in [2.24, 2.45) is 5.41 Å². The third kappa shape index (κ3) is 3.14. The smallest absolute Gasteiger partial charge is 0.406 e. The Balaban J connectivity index is 2.67. The highest BCUT2D eigenvalue weighted by molar-refractivity contribution is 5.79. The Labute approximate surface area is 104 Å². The van der Waals surface area contributed by atoms with E-state index in [-0.39, 0.29) is 19.6 Å². The highest BCUT2D eigenvalue weighted by Gasteiger charge is 2.62. The van der Waals surface area contributed by atoms with Crippen LogP contribution in [0, 0.1) is 5.41 Å². The summed E-state index contributed by atoms with van der Waals surface area (Å²) in [5, 5.41) is 2.56. The van der Waals surface area contributed by atoms with Crippen LogP contribution in [0.2, 0.25) is 0 Å². The number of rotatable bonds is 5. The highest BCUT2D eigenvalue weighted by atomic mass is 19.4. The van der Waals surface area contributed by atoms with Gasteiger partial charge in [0.25, 0.3) is 0 Å². The quantitative estimate of drug-likeness (QED) is 0.768. The fourth-order valence-electron chi connectivity index (χ4n) is 1.84. The van der Waals surface area contributed by atoms with Gasteiger partial charge in [-0.1, -0.05) is 0 Å². The minimum Gasteiger partial charge on any atom is -0.460 e. The molecule has 1 rings (SSSR count). The summed E-state index contributed by atoms with van der Waals surface area (Å²) in [4.78, 5) is 11.7. The molecule has 18 heavy (non-hydrogen) atoms. The average Bonchev–Trinajstić information content (AvgIpc) is 2.75. The molecule has 0 amide bonds. The number of carbonyl (C=O) groups is 1. The maximum absolute atomic E-state index is 13.0. The molecule has 2 unspecified atom stereocenters. The number of nitrogens with one attached hydrogen (secondary N) is 1. The van der Waals surface area contributed by atoms with Crippen molar-refractivity contribution in [3.05, 3.63) is 0 Å². The molecular weight excluding hydrogens is 251 g/mol. The van der Waals surface area contributed by atoms with E-state index in [1.54, 1.807) is 6.92 Å². The third-order valence-electron chi connectivity index (χ3n) is 2.95. The second-order valence-electron chi connectivity index (χ2n) is 4.38. The molecule has 0 saturated carbocycles. The predicted octanol–water partition coefficient (Wildman–Crippen LogP) is 1.50. The van der Waals surface area contributed by atoms with Crippen molar-refractivity contribution in [3.63, 3.8) is 0 Å². The Morgan fingerprint density at radius 2 is 2.17 bits per heavy atom. The van der Waals surface area contributed by atoms with Gasteiger partial charge >= 0.3 is 12.1 Å². The SMILES string of the molecule is CCOCC(C)OC(=O)C1(C(F)(F)F)CCNC1. The summed E-state index contributed by atoms with van der Waals surface area (Å²) in [6.07, 6.45) is -5.56. The molecule has 106 valence electrons. The normalized spacial score (nSPS) is 26.1. The summed E-state index contributed by atoms with van der Waals surface area (Å²) in [6.45, 7) is 3.54. The molecule has 1 heterocycles. The Kier molecular flexibility index (Phi) is 4.98. The maximum Gasteiger partial charge on any atom is 0.406 e. The first-order valence-corrected chi connectivity index (χ1v) is 5.90. The monoisotopic (exact) mass is 269 g/mol. The van der Waals surface area contributed by atoms with Crippen molar-refractivity contribution >= 4 is 5.97 Å². The van der Waals surface area contributed by atoms with Crippen LogP contribution < -0.4 is 5.32 Å². The molecule has 1 aliphatic heterocycles. The average molecular weight is 269 g/mol. The van der Waals surface area contributed by atoms with Crippen LogP contribution in [-0.4, -0.2) is 44.6 Å². The predicted molar refractivity (Wildman–Crippen MR) is 58.0 cm³/mol. The summed E-state index contributed by atoms with van der Waals surface area (Å²) in [6, 6.07) is 0. The molecule has 0 aliphatic carbocycles. The van der Waals surface area contributed by atoms with E-state index >= 15 is 0 Å². The Hall–Kier alpha value is -0.820. The van der Waals surface area contributed by atoms with Crippen molar-refractivity contribution in [1.29, 1.82) is 0 Å². The van der Waals surface area contributed by atoms with E-state index in [2.05, 4.69) is 5.32 Å². The van der Waals surface area contributed by atoms with Crippen molar-refractivity contribution < 1.29 is 27.4 Å². The lowest BCUT2D eigenvalue weighted by atomic mass is 9.86. The van der Waals surface area contributed by atoms with Gasteiger partial charge in [-0.25, -0.2) is 0 Å². The largest absolute Gasteiger partial charge is 0.460 e.